The van der Waals surface area contributed by atoms with Crippen LogP contribution in [0.1, 0.15) is 5.56 Å². The topological polar surface area (TPSA) is 46.2 Å². The van der Waals surface area contributed by atoms with E-state index in [-0.39, 0.29) is 11.4 Å². The third-order valence-electron chi connectivity index (χ3n) is 2.56. The van der Waals surface area contributed by atoms with Gasteiger partial charge in [-0.1, -0.05) is 44.0 Å². The predicted molar refractivity (Wildman–Crippen MR) is 90.0 cm³/mol. The first-order valence-corrected chi connectivity index (χ1v) is 9.44. The van der Waals surface area contributed by atoms with Crippen LogP contribution < -0.4 is 4.72 Å². The van der Waals surface area contributed by atoms with E-state index in [0.717, 1.165) is 14.5 Å². The molecule has 0 saturated heterocycles. The summed E-state index contributed by atoms with van der Waals surface area (Å²) in [6.07, 6.45) is 0. The second kappa shape index (κ2) is 6.70. The van der Waals surface area contributed by atoms with E-state index in [1.807, 2.05) is 24.3 Å². The van der Waals surface area contributed by atoms with Crippen molar-refractivity contribution >= 4 is 57.8 Å². The standard InChI is InChI=1S/C13H10Br3NO2S/c14-10-3-1-9(2-4-10)8-17-20(18,19)13-6-5-11(15)7-12(13)16/h1-7,17H,8H2. The molecule has 0 aliphatic heterocycles. The van der Waals surface area contributed by atoms with Crippen molar-refractivity contribution in [2.45, 2.75) is 11.4 Å². The first-order chi connectivity index (χ1) is 9.38. The molecule has 2 rings (SSSR count). The van der Waals surface area contributed by atoms with Gasteiger partial charge in [0, 0.05) is 20.0 Å². The first kappa shape index (κ1) is 16.2. The molecular weight excluding hydrogens is 474 g/mol. The molecule has 2 aromatic carbocycles. The number of hydrogen-bond donors (Lipinski definition) is 1. The first-order valence-electron chi connectivity index (χ1n) is 5.58. The third kappa shape index (κ3) is 4.14. The lowest BCUT2D eigenvalue weighted by atomic mass is 10.2. The second-order valence-corrected chi connectivity index (χ2v) is 8.45. The van der Waals surface area contributed by atoms with E-state index in [4.69, 9.17) is 0 Å². The van der Waals surface area contributed by atoms with E-state index < -0.39 is 10.0 Å². The molecule has 1 N–H and O–H groups in total. The number of benzene rings is 2. The molecule has 0 aromatic heterocycles. The van der Waals surface area contributed by atoms with E-state index in [9.17, 15) is 8.42 Å². The van der Waals surface area contributed by atoms with E-state index in [1.54, 1.807) is 18.2 Å². The van der Waals surface area contributed by atoms with Crippen LogP contribution >= 0.6 is 47.8 Å². The van der Waals surface area contributed by atoms with Gasteiger partial charge in [0.05, 0.1) is 4.90 Å². The van der Waals surface area contributed by atoms with Gasteiger partial charge in [0.15, 0.2) is 0 Å². The zero-order valence-electron chi connectivity index (χ0n) is 10.1. The Balaban J connectivity index is 2.17. The lowest BCUT2D eigenvalue weighted by molar-refractivity contribution is 0.581. The predicted octanol–water partition coefficient (Wildman–Crippen LogP) is 4.45. The Morgan fingerprint density at radius 1 is 0.900 bits per heavy atom. The average molecular weight is 484 g/mol. The lowest BCUT2D eigenvalue weighted by Crippen LogP contribution is -2.23. The van der Waals surface area contributed by atoms with Crippen molar-refractivity contribution in [1.29, 1.82) is 0 Å². The maximum Gasteiger partial charge on any atom is 0.241 e. The third-order valence-corrected chi connectivity index (χ3v) is 5.96. The SMILES string of the molecule is O=S(=O)(NCc1ccc(Br)cc1)c1ccc(Br)cc1Br. The van der Waals surface area contributed by atoms with Gasteiger partial charge in [-0.3, -0.25) is 0 Å². The largest absolute Gasteiger partial charge is 0.241 e. The molecule has 106 valence electrons. The van der Waals surface area contributed by atoms with Gasteiger partial charge in [0.25, 0.3) is 0 Å². The van der Waals surface area contributed by atoms with Crippen LogP contribution in [0, 0.1) is 0 Å². The summed E-state index contributed by atoms with van der Waals surface area (Å²) >= 11 is 9.90. The summed E-state index contributed by atoms with van der Waals surface area (Å²) < 4.78 is 29.4. The molecule has 20 heavy (non-hydrogen) atoms. The van der Waals surface area contributed by atoms with Gasteiger partial charge >= 0.3 is 0 Å². The Morgan fingerprint density at radius 2 is 1.50 bits per heavy atom. The molecule has 0 amide bonds. The van der Waals surface area contributed by atoms with Crippen molar-refractivity contribution < 1.29 is 8.42 Å². The quantitative estimate of drug-likeness (QED) is 0.698. The van der Waals surface area contributed by atoms with Crippen LogP contribution in [0.25, 0.3) is 0 Å². The normalized spacial score (nSPS) is 11.6. The Hall–Kier alpha value is -0.210. The highest BCUT2D eigenvalue weighted by Crippen LogP contribution is 2.25. The molecule has 3 nitrogen and oxygen atoms in total. The highest BCUT2D eigenvalue weighted by atomic mass is 79.9. The van der Waals surface area contributed by atoms with Crippen LogP contribution in [0.4, 0.5) is 0 Å². The van der Waals surface area contributed by atoms with Crippen molar-refractivity contribution in [3.05, 3.63) is 61.4 Å². The van der Waals surface area contributed by atoms with E-state index in [2.05, 4.69) is 52.5 Å². The maximum atomic E-state index is 12.2. The van der Waals surface area contributed by atoms with E-state index in [0.29, 0.717) is 4.47 Å². The summed E-state index contributed by atoms with van der Waals surface area (Å²) in [5.41, 5.74) is 0.894. The average Bonchev–Trinajstić information content (AvgIpc) is 2.37. The van der Waals surface area contributed by atoms with Crippen molar-refractivity contribution in [2.75, 3.05) is 0 Å². The minimum atomic E-state index is -3.55. The molecule has 0 fully saturated rings. The summed E-state index contributed by atoms with van der Waals surface area (Å²) in [4.78, 5) is 0.220. The smallest absolute Gasteiger partial charge is 0.207 e. The molecule has 7 heteroatoms. The Bertz CT molecular complexity index is 715. The molecule has 0 saturated carbocycles. The van der Waals surface area contributed by atoms with Gasteiger partial charge in [0.1, 0.15) is 0 Å². The van der Waals surface area contributed by atoms with Crippen molar-refractivity contribution in [2.24, 2.45) is 0 Å². The Kier molecular flexibility index (Phi) is 5.42. The van der Waals surface area contributed by atoms with Crippen LogP contribution in [0.3, 0.4) is 0 Å². The fraction of sp³-hybridized carbons (Fsp3) is 0.0769. The molecule has 0 radical (unpaired) electrons. The number of sulfonamides is 1. The molecule has 0 unspecified atom stereocenters. The fourth-order valence-electron chi connectivity index (χ4n) is 1.55. The number of hydrogen-bond acceptors (Lipinski definition) is 2. The van der Waals surface area contributed by atoms with Crippen LogP contribution in [0.5, 0.6) is 0 Å². The number of rotatable bonds is 4. The summed E-state index contributed by atoms with van der Waals surface area (Å²) in [7, 11) is -3.55. The Labute approximate surface area is 143 Å². The molecule has 0 heterocycles. The molecule has 0 atom stereocenters. The molecule has 0 spiro atoms. The zero-order chi connectivity index (χ0) is 14.8. The van der Waals surface area contributed by atoms with E-state index in [1.165, 1.54) is 0 Å². The molecular formula is C13H10Br3NO2S. The molecule has 0 bridgehead atoms. The van der Waals surface area contributed by atoms with Crippen molar-refractivity contribution in [1.82, 2.24) is 4.72 Å². The van der Waals surface area contributed by atoms with Gasteiger partial charge in [0.2, 0.25) is 10.0 Å². The molecule has 0 aliphatic carbocycles. The van der Waals surface area contributed by atoms with Crippen LogP contribution in [-0.4, -0.2) is 8.42 Å². The van der Waals surface area contributed by atoms with Gasteiger partial charge in [-0.25, -0.2) is 13.1 Å². The van der Waals surface area contributed by atoms with Crippen molar-refractivity contribution in [3.63, 3.8) is 0 Å². The second-order valence-electron chi connectivity index (χ2n) is 4.03. The number of nitrogens with one attached hydrogen (secondary N) is 1. The lowest BCUT2D eigenvalue weighted by Gasteiger charge is -2.09. The van der Waals surface area contributed by atoms with Gasteiger partial charge in [-0.05, 0) is 51.8 Å². The summed E-state index contributed by atoms with van der Waals surface area (Å²) in [5, 5.41) is 0. The zero-order valence-corrected chi connectivity index (χ0v) is 15.7. The number of halogens is 3. The van der Waals surface area contributed by atoms with Crippen LogP contribution in [0.15, 0.2) is 60.8 Å². The van der Waals surface area contributed by atoms with E-state index >= 15 is 0 Å². The summed E-state index contributed by atoms with van der Waals surface area (Å²) in [5.74, 6) is 0. The fourth-order valence-corrected chi connectivity index (χ4v) is 4.58. The van der Waals surface area contributed by atoms with Gasteiger partial charge in [-0.2, -0.15) is 0 Å². The Morgan fingerprint density at radius 3 is 2.10 bits per heavy atom. The minimum absolute atomic E-state index is 0.220. The minimum Gasteiger partial charge on any atom is -0.207 e. The van der Waals surface area contributed by atoms with Gasteiger partial charge in [-0.15, -0.1) is 0 Å². The highest BCUT2D eigenvalue weighted by molar-refractivity contribution is 9.11. The van der Waals surface area contributed by atoms with Crippen LogP contribution in [-0.2, 0) is 16.6 Å². The monoisotopic (exact) mass is 481 g/mol. The highest BCUT2D eigenvalue weighted by Gasteiger charge is 2.17. The molecule has 0 aliphatic rings. The summed E-state index contributed by atoms with van der Waals surface area (Å²) in [6.45, 7) is 0.248. The molecule has 2 aromatic rings. The van der Waals surface area contributed by atoms with Crippen LogP contribution in [0.2, 0.25) is 0 Å². The van der Waals surface area contributed by atoms with Crippen molar-refractivity contribution in [3.8, 4) is 0 Å². The maximum absolute atomic E-state index is 12.2. The summed E-state index contributed by atoms with van der Waals surface area (Å²) in [6, 6.07) is 12.4. The van der Waals surface area contributed by atoms with Gasteiger partial charge < -0.3 is 0 Å².